The number of carbonyl (C=O) groups is 1. The first kappa shape index (κ1) is 7.74. The molecule has 9 heavy (non-hydrogen) atoms. The average Bonchev–Trinajstić information content (AvgIpc) is 1.82. The largest absolute Gasteiger partial charge is 0.357 e. The van der Waals surface area contributed by atoms with Crippen molar-refractivity contribution in [3.05, 3.63) is 10.4 Å². The molecule has 2 N–H and O–H groups in total. The van der Waals surface area contributed by atoms with Crippen molar-refractivity contribution in [1.82, 2.24) is 0 Å². The smallest absolute Gasteiger partial charge is 0.334 e. The lowest BCUT2D eigenvalue weighted by Crippen LogP contribution is -2.27. The zero-order valence-electron chi connectivity index (χ0n) is 4.81. The highest BCUT2D eigenvalue weighted by Gasteiger charge is 2.06. The molecule has 0 aromatic carbocycles. The maximum absolute atomic E-state index is 10.3. The van der Waals surface area contributed by atoms with Gasteiger partial charge >= 0.3 is 5.97 Å². The predicted molar refractivity (Wildman–Crippen MR) is 28.9 cm³/mol. The van der Waals surface area contributed by atoms with E-state index < -0.39 is 12.0 Å². The Morgan fingerprint density at radius 3 is 2.89 bits per heavy atom. The van der Waals surface area contributed by atoms with Gasteiger partial charge in [-0.25, -0.2) is 4.79 Å². The lowest BCUT2D eigenvalue weighted by atomic mass is 10.4. The standard InChI is InChI=1S/C3H6N4O2/c1-2(4)3(8)9-7-6-5/h2H,4H2,1H3/t2-/m0/s1. The molecular formula is C3H6N4O2. The molecule has 0 spiro atoms. The molecule has 0 fully saturated rings. The van der Waals surface area contributed by atoms with Gasteiger partial charge in [0.2, 0.25) is 0 Å². The first-order valence-electron chi connectivity index (χ1n) is 2.19. The van der Waals surface area contributed by atoms with E-state index >= 15 is 0 Å². The number of rotatable bonds is 2. The van der Waals surface area contributed by atoms with E-state index in [1.165, 1.54) is 6.92 Å². The van der Waals surface area contributed by atoms with Crippen LogP contribution in [0, 0.1) is 0 Å². The Morgan fingerprint density at radius 1 is 2.00 bits per heavy atom. The van der Waals surface area contributed by atoms with Crippen LogP contribution in [0.2, 0.25) is 0 Å². The van der Waals surface area contributed by atoms with E-state index in [2.05, 4.69) is 15.0 Å². The third-order valence-corrected chi connectivity index (χ3v) is 0.539. The van der Waals surface area contributed by atoms with Gasteiger partial charge < -0.3 is 10.6 Å². The van der Waals surface area contributed by atoms with Crippen molar-refractivity contribution in [3.63, 3.8) is 0 Å². The quantitative estimate of drug-likeness (QED) is 0.248. The predicted octanol–water partition coefficient (Wildman–Crippen LogP) is 0.102. The molecule has 0 heterocycles. The van der Waals surface area contributed by atoms with Crippen LogP contribution in [0.25, 0.3) is 10.4 Å². The maximum atomic E-state index is 10.3. The van der Waals surface area contributed by atoms with E-state index in [1.807, 2.05) is 0 Å². The van der Waals surface area contributed by atoms with Gasteiger partial charge in [-0.05, 0) is 12.5 Å². The summed E-state index contributed by atoms with van der Waals surface area (Å²) in [6.45, 7) is 1.43. The third kappa shape index (κ3) is 3.33. The third-order valence-electron chi connectivity index (χ3n) is 0.539. The van der Waals surface area contributed by atoms with Crippen molar-refractivity contribution in [2.45, 2.75) is 13.0 Å². The zero-order chi connectivity index (χ0) is 7.28. The minimum atomic E-state index is -0.754. The molecule has 0 rings (SSSR count). The molecule has 0 saturated carbocycles. The number of nitrogens with zero attached hydrogens (tertiary/aromatic N) is 3. The van der Waals surface area contributed by atoms with Crippen LogP contribution in [-0.4, -0.2) is 12.0 Å². The lowest BCUT2D eigenvalue weighted by Gasteiger charge is -1.97. The number of nitrogens with two attached hydrogens (primary N) is 1. The molecule has 0 aliphatic heterocycles. The van der Waals surface area contributed by atoms with E-state index in [0.29, 0.717) is 0 Å². The molecule has 0 unspecified atom stereocenters. The van der Waals surface area contributed by atoms with Gasteiger partial charge in [0.1, 0.15) is 11.3 Å². The molecule has 0 aliphatic rings. The Bertz CT molecular complexity index is 148. The molecule has 0 radical (unpaired) electrons. The number of carbonyl (C=O) groups excluding carboxylic acids is 1. The van der Waals surface area contributed by atoms with Crippen LogP contribution in [0.1, 0.15) is 6.92 Å². The number of hydrogen-bond acceptors (Lipinski definition) is 4. The van der Waals surface area contributed by atoms with Crippen molar-refractivity contribution in [1.29, 1.82) is 0 Å². The minimum absolute atomic E-state index is 0.743. The van der Waals surface area contributed by atoms with Crippen molar-refractivity contribution < 1.29 is 9.63 Å². The van der Waals surface area contributed by atoms with E-state index in [4.69, 9.17) is 11.3 Å². The second kappa shape index (κ2) is 3.71. The van der Waals surface area contributed by atoms with Gasteiger partial charge in [-0.1, -0.05) is 0 Å². The summed E-state index contributed by atoms with van der Waals surface area (Å²) >= 11 is 0. The van der Waals surface area contributed by atoms with Crippen LogP contribution < -0.4 is 5.73 Å². The second-order valence-electron chi connectivity index (χ2n) is 1.37. The van der Waals surface area contributed by atoms with Gasteiger partial charge in [-0.15, -0.1) is 0 Å². The van der Waals surface area contributed by atoms with Crippen LogP contribution in [0.3, 0.4) is 0 Å². The monoisotopic (exact) mass is 130 g/mol. The molecular weight excluding hydrogens is 124 g/mol. The van der Waals surface area contributed by atoms with Crippen LogP contribution in [-0.2, 0) is 9.63 Å². The van der Waals surface area contributed by atoms with Crippen LogP contribution in [0.5, 0.6) is 0 Å². The summed E-state index contributed by atoms with van der Waals surface area (Å²) in [5, 5.41) is 2.54. The summed E-state index contributed by atoms with van der Waals surface area (Å²) in [5.74, 6) is -0.743. The molecule has 0 aliphatic carbocycles. The average molecular weight is 130 g/mol. The summed E-state index contributed by atoms with van der Waals surface area (Å²) in [6.07, 6.45) is 0. The van der Waals surface area contributed by atoms with Crippen molar-refractivity contribution in [3.8, 4) is 0 Å². The molecule has 0 bridgehead atoms. The van der Waals surface area contributed by atoms with E-state index in [0.717, 1.165) is 0 Å². The topological polar surface area (TPSA) is 101 Å². The Labute approximate surface area is 51.2 Å². The fourth-order valence-electron chi connectivity index (χ4n) is 0.142. The summed E-state index contributed by atoms with van der Waals surface area (Å²) in [4.78, 5) is 16.4. The van der Waals surface area contributed by atoms with Gasteiger partial charge in [0, 0.05) is 4.91 Å². The summed E-state index contributed by atoms with van der Waals surface area (Å²) in [5.41, 5.74) is 12.7. The van der Waals surface area contributed by atoms with Crippen LogP contribution in [0.15, 0.2) is 5.28 Å². The Balaban J connectivity index is 3.64. The van der Waals surface area contributed by atoms with E-state index in [1.54, 1.807) is 0 Å². The molecule has 50 valence electrons. The van der Waals surface area contributed by atoms with E-state index in [-0.39, 0.29) is 0 Å². The molecule has 0 amide bonds. The normalized spacial score (nSPS) is 11.3. The van der Waals surface area contributed by atoms with Gasteiger partial charge in [0.15, 0.2) is 0 Å². The van der Waals surface area contributed by atoms with Crippen molar-refractivity contribution in [2.75, 3.05) is 0 Å². The van der Waals surface area contributed by atoms with Crippen molar-refractivity contribution in [2.24, 2.45) is 11.0 Å². The Kier molecular flexibility index (Phi) is 3.19. The first-order valence-corrected chi connectivity index (χ1v) is 2.19. The molecule has 1 atom stereocenters. The fourth-order valence-corrected chi connectivity index (χ4v) is 0.142. The zero-order valence-corrected chi connectivity index (χ0v) is 4.81. The first-order chi connectivity index (χ1) is 4.18. The molecule has 0 saturated heterocycles. The fraction of sp³-hybridized carbons (Fsp3) is 0.667. The summed E-state index contributed by atoms with van der Waals surface area (Å²) in [7, 11) is 0. The van der Waals surface area contributed by atoms with Gasteiger partial charge in [-0.2, -0.15) is 0 Å². The highest BCUT2D eigenvalue weighted by atomic mass is 16.7. The molecule has 0 aromatic rings. The highest BCUT2D eigenvalue weighted by molar-refractivity contribution is 5.74. The SMILES string of the molecule is C[C@H](N)C(=O)ON=[N+]=[N-]. The van der Waals surface area contributed by atoms with Gasteiger partial charge in [0.25, 0.3) is 0 Å². The van der Waals surface area contributed by atoms with Crippen LogP contribution >= 0.6 is 0 Å². The molecule has 6 heteroatoms. The van der Waals surface area contributed by atoms with Gasteiger partial charge in [-0.3, -0.25) is 0 Å². The van der Waals surface area contributed by atoms with Crippen LogP contribution in [0.4, 0.5) is 0 Å². The number of hydrogen-bond donors (Lipinski definition) is 1. The number of azide groups is 1. The maximum Gasteiger partial charge on any atom is 0.334 e. The summed E-state index contributed by atoms with van der Waals surface area (Å²) in [6, 6.07) is -0.754. The second-order valence-corrected chi connectivity index (χ2v) is 1.37. The molecule has 0 aromatic heterocycles. The Hall–Kier alpha value is -1.26. The summed E-state index contributed by atoms with van der Waals surface area (Å²) < 4.78 is 0. The minimum Gasteiger partial charge on any atom is -0.357 e. The van der Waals surface area contributed by atoms with Gasteiger partial charge in [0.05, 0.1) is 0 Å². The van der Waals surface area contributed by atoms with Crippen molar-refractivity contribution >= 4 is 5.97 Å². The lowest BCUT2D eigenvalue weighted by molar-refractivity contribution is -0.145. The Morgan fingerprint density at radius 2 is 2.56 bits per heavy atom. The molecule has 6 nitrogen and oxygen atoms in total. The van der Waals surface area contributed by atoms with E-state index in [9.17, 15) is 4.79 Å². The highest BCUT2D eigenvalue weighted by Crippen LogP contribution is 1.83.